The van der Waals surface area contributed by atoms with Gasteiger partial charge in [-0.2, -0.15) is 0 Å². The molecule has 0 spiro atoms. The predicted octanol–water partition coefficient (Wildman–Crippen LogP) is 2.23. The maximum absolute atomic E-state index is 9.55. The Bertz CT molecular complexity index is 299. The van der Waals surface area contributed by atoms with E-state index in [1.54, 1.807) is 0 Å². The fraction of sp³-hybridized carbons (Fsp3) is 0.455. The fourth-order valence-electron chi connectivity index (χ4n) is 1.85. The number of aliphatic hydroxyl groups excluding tert-OH is 1. The highest BCUT2D eigenvalue weighted by atomic mass is 79.9. The van der Waals surface area contributed by atoms with Gasteiger partial charge < -0.3 is 10.4 Å². The summed E-state index contributed by atoms with van der Waals surface area (Å²) in [5, 5.41) is 13.0. The average Bonchev–Trinajstić information content (AvgIpc) is 2.19. The molecule has 2 rings (SSSR count). The van der Waals surface area contributed by atoms with Crippen molar-refractivity contribution in [1.29, 1.82) is 0 Å². The van der Waals surface area contributed by atoms with Gasteiger partial charge in [0.25, 0.3) is 0 Å². The molecular weight excluding hydrogens is 242 g/mol. The second kappa shape index (κ2) is 4.43. The smallest absolute Gasteiger partial charge is 0.0570 e. The van der Waals surface area contributed by atoms with E-state index in [9.17, 15) is 5.11 Å². The van der Waals surface area contributed by atoms with Crippen LogP contribution in [0.4, 0.5) is 0 Å². The minimum atomic E-state index is -0.148. The van der Waals surface area contributed by atoms with E-state index in [2.05, 4.69) is 33.4 Å². The Kier molecular flexibility index (Phi) is 3.21. The number of piperidine rings is 1. The summed E-state index contributed by atoms with van der Waals surface area (Å²) >= 11 is 3.41. The lowest BCUT2D eigenvalue weighted by Crippen LogP contribution is -2.34. The number of hydrogen-bond acceptors (Lipinski definition) is 2. The Morgan fingerprint density at radius 1 is 1.29 bits per heavy atom. The zero-order valence-electron chi connectivity index (χ0n) is 7.91. The first-order valence-electron chi connectivity index (χ1n) is 4.92. The van der Waals surface area contributed by atoms with Crippen molar-refractivity contribution in [3.8, 4) is 0 Å². The van der Waals surface area contributed by atoms with Gasteiger partial charge in [-0.05, 0) is 37.1 Å². The summed E-state index contributed by atoms with van der Waals surface area (Å²) in [4.78, 5) is 0. The summed E-state index contributed by atoms with van der Waals surface area (Å²) in [6, 6.07) is 8.59. The van der Waals surface area contributed by atoms with Gasteiger partial charge in [0, 0.05) is 10.5 Å². The molecule has 1 saturated heterocycles. The highest BCUT2D eigenvalue weighted by Crippen LogP contribution is 2.24. The molecule has 0 unspecified atom stereocenters. The number of benzene rings is 1. The van der Waals surface area contributed by atoms with Crippen LogP contribution in [0.1, 0.15) is 24.4 Å². The molecule has 14 heavy (non-hydrogen) atoms. The lowest BCUT2D eigenvalue weighted by molar-refractivity contribution is 0.117. The monoisotopic (exact) mass is 255 g/mol. The second-order valence-electron chi connectivity index (χ2n) is 3.74. The zero-order valence-corrected chi connectivity index (χ0v) is 9.50. The average molecular weight is 256 g/mol. The molecular formula is C11H14BrNO. The van der Waals surface area contributed by atoms with E-state index in [-0.39, 0.29) is 6.10 Å². The van der Waals surface area contributed by atoms with Crippen LogP contribution in [0.15, 0.2) is 28.7 Å². The third kappa shape index (κ3) is 2.35. The van der Waals surface area contributed by atoms with Crippen LogP contribution in [0, 0.1) is 0 Å². The molecule has 0 amide bonds. The quantitative estimate of drug-likeness (QED) is 0.807. The maximum atomic E-state index is 9.55. The van der Waals surface area contributed by atoms with Gasteiger partial charge in [0.1, 0.15) is 0 Å². The van der Waals surface area contributed by atoms with Crippen LogP contribution in [0.25, 0.3) is 0 Å². The summed E-state index contributed by atoms with van der Waals surface area (Å²) in [5.74, 6) is 0. The van der Waals surface area contributed by atoms with E-state index in [0.29, 0.717) is 6.04 Å². The molecule has 1 fully saturated rings. The summed E-state index contributed by atoms with van der Waals surface area (Å²) in [5.41, 5.74) is 1.26. The van der Waals surface area contributed by atoms with Gasteiger partial charge in [-0.1, -0.05) is 28.1 Å². The van der Waals surface area contributed by atoms with Gasteiger partial charge in [-0.25, -0.2) is 0 Å². The maximum Gasteiger partial charge on any atom is 0.0570 e. The topological polar surface area (TPSA) is 32.3 Å². The lowest BCUT2D eigenvalue weighted by Gasteiger charge is -2.27. The summed E-state index contributed by atoms with van der Waals surface area (Å²) in [7, 11) is 0. The summed E-state index contributed by atoms with van der Waals surface area (Å²) in [6.45, 7) is 0.905. The molecule has 3 heteroatoms. The van der Waals surface area contributed by atoms with Gasteiger partial charge in [-0.15, -0.1) is 0 Å². The van der Waals surface area contributed by atoms with Crippen molar-refractivity contribution in [2.45, 2.75) is 25.0 Å². The molecule has 0 aliphatic carbocycles. The third-order valence-electron chi connectivity index (χ3n) is 2.65. The molecule has 1 aliphatic heterocycles. The Balaban J connectivity index is 2.10. The van der Waals surface area contributed by atoms with Gasteiger partial charge in [0.15, 0.2) is 0 Å². The van der Waals surface area contributed by atoms with Crippen LogP contribution in [0.2, 0.25) is 0 Å². The molecule has 0 bridgehead atoms. The van der Waals surface area contributed by atoms with E-state index in [0.717, 1.165) is 23.9 Å². The molecule has 2 nitrogen and oxygen atoms in total. The Hall–Kier alpha value is -0.380. The van der Waals surface area contributed by atoms with E-state index >= 15 is 0 Å². The second-order valence-corrected chi connectivity index (χ2v) is 4.65. The van der Waals surface area contributed by atoms with Crippen molar-refractivity contribution < 1.29 is 5.11 Å². The SMILES string of the molecule is O[C@@H]1CCN[C@H](c2ccc(Br)cc2)C1. The standard InChI is InChI=1S/C11H14BrNO/c12-9-3-1-8(2-4-9)11-7-10(14)5-6-13-11/h1-4,10-11,13-14H,5-7H2/t10-,11+/m1/s1. The normalized spacial score (nSPS) is 27.6. The number of rotatable bonds is 1. The van der Waals surface area contributed by atoms with E-state index in [1.807, 2.05) is 12.1 Å². The van der Waals surface area contributed by atoms with E-state index < -0.39 is 0 Å². The van der Waals surface area contributed by atoms with E-state index in [1.165, 1.54) is 5.56 Å². The van der Waals surface area contributed by atoms with Crippen molar-refractivity contribution in [1.82, 2.24) is 5.32 Å². The fourth-order valence-corrected chi connectivity index (χ4v) is 2.11. The minimum absolute atomic E-state index is 0.148. The van der Waals surface area contributed by atoms with Gasteiger partial charge in [-0.3, -0.25) is 0 Å². The molecule has 0 radical (unpaired) electrons. The molecule has 1 aromatic rings. The molecule has 2 N–H and O–H groups in total. The summed E-state index contributed by atoms with van der Waals surface area (Å²) in [6.07, 6.45) is 1.54. The third-order valence-corrected chi connectivity index (χ3v) is 3.18. The molecule has 1 heterocycles. The molecule has 2 atom stereocenters. The largest absolute Gasteiger partial charge is 0.393 e. The number of halogens is 1. The number of nitrogens with one attached hydrogen (secondary N) is 1. The van der Waals surface area contributed by atoms with Crippen LogP contribution in [-0.2, 0) is 0 Å². The van der Waals surface area contributed by atoms with Crippen molar-refractivity contribution in [2.75, 3.05) is 6.54 Å². The first-order chi connectivity index (χ1) is 6.75. The highest BCUT2D eigenvalue weighted by Gasteiger charge is 2.20. The summed E-state index contributed by atoms with van der Waals surface area (Å²) < 4.78 is 1.10. The van der Waals surface area contributed by atoms with Crippen molar-refractivity contribution >= 4 is 15.9 Å². The van der Waals surface area contributed by atoms with Crippen molar-refractivity contribution in [2.24, 2.45) is 0 Å². The first kappa shape index (κ1) is 10.1. The van der Waals surface area contributed by atoms with Crippen LogP contribution in [0.3, 0.4) is 0 Å². The minimum Gasteiger partial charge on any atom is -0.393 e. The molecule has 1 aromatic carbocycles. The highest BCUT2D eigenvalue weighted by molar-refractivity contribution is 9.10. The number of aliphatic hydroxyl groups is 1. The van der Waals surface area contributed by atoms with Crippen LogP contribution in [-0.4, -0.2) is 17.8 Å². The van der Waals surface area contributed by atoms with Crippen molar-refractivity contribution in [3.05, 3.63) is 34.3 Å². The molecule has 0 saturated carbocycles. The lowest BCUT2D eigenvalue weighted by atomic mass is 9.96. The van der Waals surface area contributed by atoms with Crippen LogP contribution >= 0.6 is 15.9 Å². The molecule has 76 valence electrons. The Morgan fingerprint density at radius 2 is 2.00 bits per heavy atom. The van der Waals surface area contributed by atoms with Crippen LogP contribution in [0.5, 0.6) is 0 Å². The van der Waals surface area contributed by atoms with E-state index in [4.69, 9.17) is 0 Å². The van der Waals surface area contributed by atoms with Gasteiger partial charge in [0.2, 0.25) is 0 Å². The predicted molar refractivity (Wildman–Crippen MR) is 60.1 cm³/mol. The van der Waals surface area contributed by atoms with Crippen molar-refractivity contribution in [3.63, 3.8) is 0 Å². The Labute approximate surface area is 92.5 Å². The molecule has 0 aromatic heterocycles. The first-order valence-corrected chi connectivity index (χ1v) is 5.72. The molecule has 1 aliphatic rings. The zero-order chi connectivity index (χ0) is 9.97. The van der Waals surface area contributed by atoms with Gasteiger partial charge in [0.05, 0.1) is 6.10 Å². The number of hydrogen-bond donors (Lipinski definition) is 2. The van der Waals surface area contributed by atoms with Crippen LogP contribution < -0.4 is 5.32 Å². The Morgan fingerprint density at radius 3 is 2.64 bits per heavy atom. The van der Waals surface area contributed by atoms with Gasteiger partial charge >= 0.3 is 0 Å².